The summed E-state index contributed by atoms with van der Waals surface area (Å²) in [7, 11) is 0. The van der Waals surface area contributed by atoms with E-state index in [1.54, 1.807) is 0 Å². The van der Waals surface area contributed by atoms with Gasteiger partial charge in [-0.2, -0.15) is 0 Å². The molecule has 0 saturated heterocycles. The molecule has 0 heterocycles. The first-order valence-corrected chi connectivity index (χ1v) is 20.3. The minimum atomic E-state index is -0.0535. The molecule has 0 atom stereocenters. The lowest BCUT2D eigenvalue weighted by molar-refractivity contribution is -0.158. The molecule has 0 N–H and O–H groups in total. The average Bonchev–Trinajstić information content (AvgIpc) is 3.05. The first kappa shape index (κ1) is 42.4. The number of ether oxygens (including phenoxy) is 2. The van der Waals surface area contributed by atoms with Gasteiger partial charge in [0.15, 0.2) is 0 Å². The molecule has 0 aromatic rings. The first-order chi connectivity index (χ1) is 22.7. The number of carbonyl (C=O) groups is 2. The molecular formula is C42H76O4. The summed E-state index contributed by atoms with van der Waals surface area (Å²) in [5, 5.41) is 0. The van der Waals surface area contributed by atoms with Crippen molar-refractivity contribution in [3.05, 3.63) is 24.3 Å². The van der Waals surface area contributed by atoms with Crippen LogP contribution in [0, 0.1) is 0 Å². The molecule has 0 radical (unpaired) electrons. The number of esters is 2. The highest BCUT2D eigenvalue weighted by Crippen LogP contribution is 2.25. The SMILES string of the molecule is CCCCCCCCC=CCCCCCCCC(=O)OC1CCC(OC(=O)CCCCCCCC=CCCCCCCCC)CC1. The second-order valence-electron chi connectivity index (χ2n) is 14.0. The Kier molecular flexibility index (Phi) is 30.7. The predicted molar refractivity (Wildman–Crippen MR) is 197 cm³/mol. The highest BCUT2D eigenvalue weighted by atomic mass is 16.6. The molecule has 4 heteroatoms. The van der Waals surface area contributed by atoms with Gasteiger partial charge in [-0.1, -0.05) is 141 Å². The van der Waals surface area contributed by atoms with E-state index >= 15 is 0 Å². The zero-order valence-electron chi connectivity index (χ0n) is 30.7. The fraction of sp³-hybridized carbons (Fsp3) is 0.857. The minimum absolute atomic E-state index is 0.00373. The third-order valence-electron chi connectivity index (χ3n) is 9.50. The molecule has 0 aromatic heterocycles. The Balaban J connectivity index is 1.88. The van der Waals surface area contributed by atoms with E-state index in [0.29, 0.717) is 12.8 Å². The Morgan fingerprint density at radius 2 is 0.674 bits per heavy atom. The summed E-state index contributed by atoms with van der Waals surface area (Å²) in [6, 6.07) is 0. The van der Waals surface area contributed by atoms with Crippen LogP contribution in [-0.4, -0.2) is 24.1 Å². The van der Waals surface area contributed by atoms with E-state index in [-0.39, 0.29) is 24.1 Å². The van der Waals surface area contributed by atoms with Crippen LogP contribution in [0.3, 0.4) is 0 Å². The van der Waals surface area contributed by atoms with Gasteiger partial charge in [-0.15, -0.1) is 0 Å². The van der Waals surface area contributed by atoms with Gasteiger partial charge in [0.1, 0.15) is 12.2 Å². The second-order valence-corrected chi connectivity index (χ2v) is 14.0. The van der Waals surface area contributed by atoms with Gasteiger partial charge in [-0.05, 0) is 89.9 Å². The number of hydrogen-bond donors (Lipinski definition) is 0. The van der Waals surface area contributed by atoms with Crippen molar-refractivity contribution in [2.24, 2.45) is 0 Å². The van der Waals surface area contributed by atoms with Crippen molar-refractivity contribution in [2.75, 3.05) is 0 Å². The van der Waals surface area contributed by atoms with E-state index in [4.69, 9.17) is 9.47 Å². The van der Waals surface area contributed by atoms with Gasteiger partial charge in [-0.25, -0.2) is 0 Å². The van der Waals surface area contributed by atoms with Gasteiger partial charge in [0.05, 0.1) is 0 Å². The first-order valence-electron chi connectivity index (χ1n) is 20.3. The second kappa shape index (κ2) is 33.3. The van der Waals surface area contributed by atoms with Gasteiger partial charge in [0, 0.05) is 12.8 Å². The Hall–Kier alpha value is -1.58. The summed E-state index contributed by atoms with van der Waals surface area (Å²) in [4.78, 5) is 24.6. The van der Waals surface area contributed by atoms with Gasteiger partial charge in [0.2, 0.25) is 0 Å². The summed E-state index contributed by atoms with van der Waals surface area (Å²) < 4.78 is 11.5. The monoisotopic (exact) mass is 645 g/mol. The molecule has 268 valence electrons. The molecule has 0 aromatic carbocycles. The zero-order valence-corrected chi connectivity index (χ0v) is 30.7. The van der Waals surface area contributed by atoms with Gasteiger partial charge >= 0.3 is 11.9 Å². The maximum Gasteiger partial charge on any atom is 0.306 e. The third kappa shape index (κ3) is 28.6. The number of rotatable bonds is 32. The van der Waals surface area contributed by atoms with Crippen molar-refractivity contribution in [3.8, 4) is 0 Å². The van der Waals surface area contributed by atoms with E-state index in [2.05, 4.69) is 38.2 Å². The standard InChI is InChI=1S/C42H76O4/c1-3-5-7-9-11-13-15-17-19-21-23-25-27-29-31-33-41(43)45-39-35-37-40(38-36-39)46-42(44)34-32-30-28-26-24-22-20-18-16-14-12-10-8-6-4-2/h17-20,39-40H,3-16,21-38H2,1-2H3. The largest absolute Gasteiger partial charge is 0.462 e. The molecule has 1 aliphatic carbocycles. The fourth-order valence-corrected chi connectivity index (χ4v) is 6.44. The summed E-state index contributed by atoms with van der Waals surface area (Å²) in [6.07, 6.45) is 46.5. The lowest BCUT2D eigenvalue weighted by Crippen LogP contribution is -2.29. The third-order valence-corrected chi connectivity index (χ3v) is 9.50. The lowest BCUT2D eigenvalue weighted by atomic mass is 9.95. The van der Waals surface area contributed by atoms with Crippen molar-refractivity contribution in [1.82, 2.24) is 0 Å². The van der Waals surface area contributed by atoms with Crippen molar-refractivity contribution in [3.63, 3.8) is 0 Å². The lowest BCUT2D eigenvalue weighted by Gasteiger charge is -2.28. The molecule has 0 spiro atoms. The number of allylic oxidation sites excluding steroid dienone is 4. The van der Waals surface area contributed by atoms with E-state index in [0.717, 1.165) is 51.4 Å². The van der Waals surface area contributed by atoms with Crippen molar-refractivity contribution >= 4 is 11.9 Å². The highest BCUT2D eigenvalue weighted by Gasteiger charge is 2.26. The fourth-order valence-electron chi connectivity index (χ4n) is 6.44. The Bertz CT molecular complexity index is 672. The van der Waals surface area contributed by atoms with Crippen LogP contribution in [0.5, 0.6) is 0 Å². The smallest absolute Gasteiger partial charge is 0.306 e. The molecule has 1 fully saturated rings. The normalized spacial score (nSPS) is 16.8. The van der Waals surface area contributed by atoms with Crippen LogP contribution >= 0.6 is 0 Å². The molecular weight excluding hydrogens is 568 g/mol. The molecule has 1 rings (SSSR count). The van der Waals surface area contributed by atoms with E-state index in [9.17, 15) is 9.59 Å². The summed E-state index contributed by atoms with van der Waals surface area (Å²) in [6.45, 7) is 4.54. The quantitative estimate of drug-likeness (QED) is 0.0415. The van der Waals surface area contributed by atoms with Crippen LogP contribution in [0.2, 0.25) is 0 Å². The Labute approximate surface area is 286 Å². The summed E-state index contributed by atoms with van der Waals surface area (Å²) in [5.74, 6) is -0.107. The van der Waals surface area contributed by atoms with E-state index < -0.39 is 0 Å². The van der Waals surface area contributed by atoms with Crippen LogP contribution < -0.4 is 0 Å². The van der Waals surface area contributed by atoms with Gasteiger partial charge < -0.3 is 9.47 Å². The minimum Gasteiger partial charge on any atom is -0.462 e. The Morgan fingerprint density at radius 1 is 0.413 bits per heavy atom. The molecule has 0 bridgehead atoms. The molecule has 4 nitrogen and oxygen atoms in total. The van der Waals surface area contributed by atoms with Crippen LogP contribution in [-0.2, 0) is 19.1 Å². The Morgan fingerprint density at radius 3 is 0.978 bits per heavy atom. The molecule has 1 saturated carbocycles. The molecule has 0 unspecified atom stereocenters. The number of carbonyl (C=O) groups excluding carboxylic acids is 2. The average molecular weight is 645 g/mol. The van der Waals surface area contributed by atoms with Crippen LogP contribution in [0.25, 0.3) is 0 Å². The van der Waals surface area contributed by atoms with E-state index in [1.165, 1.54) is 141 Å². The maximum atomic E-state index is 12.3. The van der Waals surface area contributed by atoms with Crippen LogP contribution in [0.4, 0.5) is 0 Å². The molecule has 1 aliphatic rings. The van der Waals surface area contributed by atoms with Gasteiger partial charge in [0.25, 0.3) is 0 Å². The molecule has 46 heavy (non-hydrogen) atoms. The highest BCUT2D eigenvalue weighted by molar-refractivity contribution is 5.70. The summed E-state index contributed by atoms with van der Waals surface area (Å²) in [5.41, 5.74) is 0. The molecule has 0 amide bonds. The zero-order chi connectivity index (χ0) is 33.2. The topological polar surface area (TPSA) is 52.6 Å². The van der Waals surface area contributed by atoms with Crippen molar-refractivity contribution in [1.29, 1.82) is 0 Å². The van der Waals surface area contributed by atoms with Crippen LogP contribution in [0.1, 0.15) is 219 Å². The number of hydrogen-bond acceptors (Lipinski definition) is 4. The number of unbranched alkanes of at least 4 members (excludes halogenated alkanes) is 22. The van der Waals surface area contributed by atoms with E-state index in [1.807, 2.05) is 0 Å². The van der Waals surface area contributed by atoms with Crippen molar-refractivity contribution < 1.29 is 19.1 Å². The summed E-state index contributed by atoms with van der Waals surface area (Å²) >= 11 is 0. The van der Waals surface area contributed by atoms with Crippen LogP contribution in [0.15, 0.2) is 24.3 Å². The predicted octanol–water partition coefficient (Wildman–Crippen LogP) is 13.5. The van der Waals surface area contributed by atoms with Crippen molar-refractivity contribution in [2.45, 2.75) is 232 Å². The molecule has 0 aliphatic heterocycles. The maximum absolute atomic E-state index is 12.3. The van der Waals surface area contributed by atoms with Gasteiger partial charge in [-0.3, -0.25) is 9.59 Å².